The van der Waals surface area contributed by atoms with Gasteiger partial charge in [-0.25, -0.2) is 9.67 Å². The number of hydrogen-bond acceptors (Lipinski definition) is 4. The minimum Gasteiger partial charge on any atom is -0.399 e. The van der Waals surface area contributed by atoms with Crippen LogP contribution in [-0.2, 0) is 15.7 Å². The molecule has 5 nitrogen and oxygen atoms in total. The van der Waals surface area contributed by atoms with E-state index in [0.29, 0.717) is 0 Å². The number of benzene rings is 1. The molecule has 0 amide bonds. The normalized spacial score (nSPS) is 18.4. The number of aryl methyl sites for hydroxylation is 2. The van der Waals surface area contributed by atoms with Gasteiger partial charge in [-0.15, -0.1) is 0 Å². The van der Waals surface area contributed by atoms with Gasteiger partial charge in [0.15, 0.2) is 5.82 Å². The molecular weight excluding hydrogens is 337 g/mol. The number of nitrogens with zero attached hydrogens (tertiary/aromatic N) is 3. The lowest BCUT2D eigenvalue weighted by Crippen LogP contribution is -2.41. The topological polar surface area (TPSA) is 49.2 Å². The van der Waals surface area contributed by atoms with Crippen LogP contribution < -0.4 is 5.46 Å². The molecule has 4 rings (SSSR count). The average Bonchev–Trinajstić information content (AvgIpc) is 3.12. The molecule has 0 atom stereocenters. The van der Waals surface area contributed by atoms with Gasteiger partial charge in [0.05, 0.1) is 22.9 Å². The highest BCUT2D eigenvalue weighted by Crippen LogP contribution is 2.37. The van der Waals surface area contributed by atoms with Crippen molar-refractivity contribution in [2.75, 3.05) is 0 Å². The van der Waals surface area contributed by atoms with Crippen molar-refractivity contribution in [1.29, 1.82) is 0 Å². The summed E-state index contributed by atoms with van der Waals surface area (Å²) in [5.74, 6) is 0.818. The molecule has 1 saturated heterocycles. The predicted octanol–water partition coefficient (Wildman–Crippen LogP) is 3.59. The number of rotatable bonds is 3. The minimum absolute atomic E-state index is 0.364. The van der Waals surface area contributed by atoms with Crippen LogP contribution in [0, 0.1) is 6.92 Å². The summed E-state index contributed by atoms with van der Waals surface area (Å²) < 4.78 is 14.4. The zero-order valence-corrected chi connectivity index (χ0v) is 16.9. The lowest BCUT2D eigenvalue weighted by molar-refractivity contribution is 0.00578. The van der Waals surface area contributed by atoms with Crippen LogP contribution in [0.25, 0.3) is 16.7 Å². The Hall–Kier alpha value is -2.18. The molecule has 1 aliphatic heterocycles. The molecule has 1 aromatic carbocycles. The summed E-state index contributed by atoms with van der Waals surface area (Å²) in [5, 5.41) is 5.75. The summed E-state index contributed by atoms with van der Waals surface area (Å²) in [6.45, 7) is 12.5. The van der Waals surface area contributed by atoms with E-state index in [0.717, 1.165) is 34.3 Å². The first-order valence-electron chi connectivity index (χ1n) is 9.52. The molecule has 0 aliphatic carbocycles. The van der Waals surface area contributed by atoms with Gasteiger partial charge in [-0.1, -0.05) is 19.1 Å². The fourth-order valence-corrected chi connectivity index (χ4v) is 3.46. The molecule has 0 radical (unpaired) electrons. The first kappa shape index (κ1) is 18.2. The van der Waals surface area contributed by atoms with Crippen LogP contribution in [0.3, 0.4) is 0 Å². The van der Waals surface area contributed by atoms with E-state index in [2.05, 4.69) is 56.8 Å². The highest BCUT2D eigenvalue weighted by Gasteiger charge is 2.51. The summed E-state index contributed by atoms with van der Waals surface area (Å²) in [6.07, 6.45) is 2.84. The van der Waals surface area contributed by atoms with Crippen molar-refractivity contribution >= 4 is 23.5 Å². The van der Waals surface area contributed by atoms with Crippen LogP contribution in [0.5, 0.6) is 0 Å². The summed E-state index contributed by atoms with van der Waals surface area (Å²) in [7, 11) is -0.390. The zero-order chi connectivity index (χ0) is 19.4. The Bertz CT molecular complexity index is 994. The second-order valence-electron chi connectivity index (χ2n) is 8.25. The molecule has 27 heavy (non-hydrogen) atoms. The summed E-state index contributed by atoms with van der Waals surface area (Å²) in [6, 6.07) is 10.3. The van der Waals surface area contributed by atoms with Gasteiger partial charge >= 0.3 is 7.12 Å². The number of fused-ring (bicyclic) bond motifs is 1. The second kappa shape index (κ2) is 6.18. The van der Waals surface area contributed by atoms with Gasteiger partial charge < -0.3 is 9.31 Å². The van der Waals surface area contributed by atoms with Crippen molar-refractivity contribution in [2.45, 2.75) is 59.2 Å². The zero-order valence-electron chi connectivity index (χ0n) is 16.9. The monoisotopic (exact) mass is 363 g/mol. The van der Waals surface area contributed by atoms with Crippen molar-refractivity contribution in [2.24, 2.45) is 0 Å². The van der Waals surface area contributed by atoms with Gasteiger partial charge in [-0.2, -0.15) is 5.10 Å². The van der Waals surface area contributed by atoms with Crippen LogP contribution in [0.1, 0.15) is 45.9 Å². The molecular formula is C21H26BN3O2. The smallest absolute Gasteiger partial charge is 0.399 e. The average molecular weight is 363 g/mol. The molecule has 3 aromatic rings. The molecule has 0 spiro atoms. The SMILES string of the molecule is CCc1cc(B2OC(C)(C)C(C)(C)O2)cc2c1cnn2-c1cccc(C)n1. The maximum atomic E-state index is 6.27. The summed E-state index contributed by atoms with van der Waals surface area (Å²) >= 11 is 0. The largest absolute Gasteiger partial charge is 0.494 e. The van der Waals surface area contributed by atoms with Crippen LogP contribution in [0.2, 0.25) is 0 Å². The lowest BCUT2D eigenvalue weighted by Gasteiger charge is -2.32. The maximum absolute atomic E-state index is 6.27. The van der Waals surface area contributed by atoms with Gasteiger partial charge in [0.2, 0.25) is 0 Å². The van der Waals surface area contributed by atoms with E-state index in [1.54, 1.807) is 0 Å². The maximum Gasteiger partial charge on any atom is 0.494 e. The summed E-state index contributed by atoms with van der Waals surface area (Å²) in [4.78, 5) is 4.63. The van der Waals surface area contributed by atoms with E-state index in [1.807, 2.05) is 36.0 Å². The Labute approximate surface area is 160 Å². The first-order valence-corrected chi connectivity index (χ1v) is 9.52. The first-order chi connectivity index (χ1) is 12.7. The Morgan fingerprint density at radius 1 is 1.07 bits per heavy atom. The van der Waals surface area contributed by atoms with Gasteiger partial charge in [-0.05, 0) is 70.3 Å². The van der Waals surface area contributed by atoms with Gasteiger partial charge in [0.1, 0.15) is 0 Å². The molecule has 140 valence electrons. The molecule has 2 aromatic heterocycles. The van der Waals surface area contributed by atoms with E-state index in [4.69, 9.17) is 9.31 Å². The molecule has 0 N–H and O–H groups in total. The third kappa shape index (κ3) is 2.97. The summed E-state index contributed by atoms with van der Waals surface area (Å²) in [5.41, 5.74) is 3.52. The predicted molar refractivity (Wildman–Crippen MR) is 109 cm³/mol. The van der Waals surface area contributed by atoms with Crippen molar-refractivity contribution in [3.63, 3.8) is 0 Å². The quantitative estimate of drug-likeness (QED) is 0.668. The van der Waals surface area contributed by atoms with Crippen LogP contribution >= 0.6 is 0 Å². The molecule has 0 saturated carbocycles. The van der Waals surface area contributed by atoms with Crippen LogP contribution in [0.4, 0.5) is 0 Å². The minimum atomic E-state index is -0.390. The van der Waals surface area contributed by atoms with Gasteiger partial charge in [0, 0.05) is 11.1 Å². The van der Waals surface area contributed by atoms with E-state index in [1.165, 1.54) is 5.56 Å². The Morgan fingerprint density at radius 2 is 1.78 bits per heavy atom. The molecule has 3 heterocycles. The number of aromatic nitrogens is 3. The third-order valence-electron chi connectivity index (χ3n) is 5.79. The Morgan fingerprint density at radius 3 is 2.41 bits per heavy atom. The standard InChI is InChI=1S/C21H26BN3O2/c1-7-15-11-16(22-26-20(3,4)21(5,6)27-22)12-18-17(15)13-23-25(18)19-10-8-9-14(2)24-19/h8-13H,7H2,1-6H3. The molecule has 0 bridgehead atoms. The molecule has 0 unspecified atom stereocenters. The molecule has 1 fully saturated rings. The highest BCUT2D eigenvalue weighted by atomic mass is 16.7. The van der Waals surface area contributed by atoms with Crippen LogP contribution in [0.15, 0.2) is 36.5 Å². The Kier molecular flexibility index (Phi) is 4.16. The lowest BCUT2D eigenvalue weighted by atomic mass is 9.77. The van der Waals surface area contributed by atoms with Gasteiger partial charge in [-0.3, -0.25) is 0 Å². The third-order valence-corrected chi connectivity index (χ3v) is 5.79. The van der Waals surface area contributed by atoms with E-state index < -0.39 is 7.12 Å². The van der Waals surface area contributed by atoms with Crippen molar-refractivity contribution < 1.29 is 9.31 Å². The number of pyridine rings is 1. The van der Waals surface area contributed by atoms with E-state index in [-0.39, 0.29) is 11.2 Å². The van der Waals surface area contributed by atoms with Crippen molar-refractivity contribution in [3.8, 4) is 5.82 Å². The second-order valence-corrected chi connectivity index (χ2v) is 8.25. The molecule has 6 heteroatoms. The highest BCUT2D eigenvalue weighted by molar-refractivity contribution is 6.62. The van der Waals surface area contributed by atoms with Crippen LogP contribution in [-0.4, -0.2) is 33.1 Å². The van der Waals surface area contributed by atoms with Crippen molar-refractivity contribution in [1.82, 2.24) is 14.8 Å². The fourth-order valence-electron chi connectivity index (χ4n) is 3.46. The van der Waals surface area contributed by atoms with E-state index in [9.17, 15) is 0 Å². The molecule has 1 aliphatic rings. The number of hydrogen-bond donors (Lipinski definition) is 0. The van der Waals surface area contributed by atoms with E-state index >= 15 is 0 Å². The Balaban J connectivity index is 1.85. The van der Waals surface area contributed by atoms with Gasteiger partial charge in [0.25, 0.3) is 0 Å². The van der Waals surface area contributed by atoms with Crippen molar-refractivity contribution in [3.05, 3.63) is 47.8 Å². The fraction of sp³-hybridized carbons (Fsp3) is 0.429.